The van der Waals surface area contributed by atoms with Crippen LogP contribution in [0.1, 0.15) is 110 Å². The summed E-state index contributed by atoms with van der Waals surface area (Å²) in [6.45, 7) is 2.28. The molecule has 0 aliphatic heterocycles. The zero-order chi connectivity index (χ0) is 14.0. The van der Waals surface area contributed by atoms with Gasteiger partial charge in [-0.05, 0) is 0 Å². The average molecular weight is 373 g/mol. The Hall–Kier alpha value is 1.55. The van der Waals surface area contributed by atoms with E-state index in [1.54, 1.807) is 0 Å². The van der Waals surface area contributed by atoms with Gasteiger partial charge in [-0.2, -0.15) is 6.42 Å². The molecule has 0 aromatic rings. The zero-order valence-corrected chi connectivity index (χ0v) is 19.8. The first-order valence-electron chi connectivity index (χ1n) is 8.76. The molecule has 0 aromatic heterocycles. The molecule has 1 nitrogen and oxygen atoms in total. The molecule has 0 N–H and O–H groups in total. The van der Waals surface area contributed by atoms with Gasteiger partial charge in [0.05, 0.1) is 0 Å². The summed E-state index contributed by atoms with van der Waals surface area (Å²) in [4.78, 5) is 10.0. The van der Waals surface area contributed by atoms with E-state index in [1.165, 1.54) is 89.9 Å². The SMILES string of the molecule is CCCCCCCCCCCCCCCCC[C-]=O.[Ca].[Zn]. The Balaban J connectivity index is -0.00000162. The minimum absolute atomic E-state index is 0. The summed E-state index contributed by atoms with van der Waals surface area (Å²) in [6, 6.07) is 0. The van der Waals surface area contributed by atoms with Crippen LogP contribution in [0.4, 0.5) is 0 Å². The minimum Gasteiger partial charge on any atom is -0.542 e. The van der Waals surface area contributed by atoms with Crippen molar-refractivity contribution in [2.45, 2.75) is 110 Å². The van der Waals surface area contributed by atoms with Crippen LogP contribution in [0.2, 0.25) is 0 Å². The normalized spacial score (nSPS) is 9.76. The van der Waals surface area contributed by atoms with E-state index in [4.69, 9.17) is 0 Å². The van der Waals surface area contributed by atoms with Gasteiger partial charge in [0.15, 0.2) is 0 Å². The molecule has 0 aromatic carbocycles. The first-order valence-corrected chi connectivity index (χ1v) is 8.76. The summed E-state index contributed by atoms with van der Waals surface area (Å²) in [5.74, 6) is 0. The fourth-order valence-corrected chi connectivity index (χ4v) is 2.57. The fraction of sp³-hybridized carbons (Fsp3) is 0.944. The van der Waals surface area contributed by atoms with E-state index in [0.717, 1.165) is 6.42 Å². The summed E-state index contributed by atoms with van der Waals surface area (Å²) in [5.41, 5.74) is 0. The van der Waals surface area contributed by atoms with Gasteiger partial charge in [-0.15, -0.1) is 0 Å². The molecule has 0 saturated heterocycles. The van der Waals surface area contributed by atoms with Crippen molar-refractivity contribution in [3.63, 3.8) is 0 Å². The largest absolute Gasteiger partial charge is 0.542 e. The minimum atomic E-state index is 0. The molecule has 0 amide bonds. The van der Waals surface area contributed by atoms with Gasteiger partial charge >= 0.3 is 0 Å². The summed E-state index contributed by atoms with van der Waals surface area (Å²) >= 11 is 0. The number of hydrogen-bond acceptors (Lipinski definition) is 1. The molecule has 0 aliphatic rings. The molecule has 0 rings (SSSR count). The monoisotopic (exact) mass is 371 g/mol. The molecular formula is C18H35CaOZn-. The van der Waals surface area contributed by atoms with Crippen molar-refractivity contribution in [2.24, 2.45) is 0 Å². The van der Waals surface area contributed by atoms with Gasteiger partial charge in [-0.25, -0.2) is 0 Å². The van der Waals surface area contributed by atoms with Crippen molar-refractivity contribution < 1.29 is 24.3 Å². The van der Waals surface area contributed by atoms with Crippen molar-refractivity contribution in [3.8, 4) is 0 Å². The summed E-state index contributed by atoms with van der Waals surface area (Å²) in [7, 11) is 0. The van der Waals surface area contributed by atoms with Gasteiger partial charge in [-0.1, -0.05) is 103 Å². The summed E-state index contributed by atoms with van der Waals surface area (Å²) in [5, 5.41) is 0. The van der Waals surface area contributed by atoms with E-state index in [1.807, 2.05) is 6.29 Å². The van der Waals surface area contributed by atoms with E-state index in [0.29, 0.717) is 6.42 Å². The standard InChI is InChI=1S/C18H35O.Ca.Zn/c1-2-3-4-5-6-7-8-9-10-11-12-13-14-15-16-17-18-19;;/h2-17H2,1H3;;/q-1;;. The third-order valence-corrected chi connectivity index (χ3v) is 3.88. The van der Waals surface area contributed by atoms with Crippen LogP contribution < -0.4 is 0 Å². The van der Waals surface area contributed by atoms with Crippen molar-refractivity contribution in [2.75, 3.05) is 0 Å². The number of carbonyl (C=O) groups excluding carboxylic acids is 1. The van der Waals surface area contributed by atoms with Gasteiger partial charge in [0.1, 0.15) is 0 Å². The first kappa shape index (κ1) is 27.4. The maximum absolute atomic E-state index is 10.0. The Bertz CT molecular complexity index is 177. The van der Waals surface area contributed by atoms with Crippen LogP contribution in [-0.2, 0) is 24.3 Å². The van der Waals surface area contributed by atoms with Crippen molar-refractivity contribution in [1.29, 1.82) is 0 Å². The van der Waals surface area contributed by atoms with Crippen LogP contribution in [0.5, 0.6) is 0 Å². The Labute approximate surface area is 176 Å². The number of rotatable bonds is 16. The van der Waals surface area contributed by atoms with Gasteiger partial charge in [0.25, 0.3) is 0 Å². The molecule has 0 unspecified atom stereocenters. The second-order valence-corrected chi connectivity index (χ2v) is 5.84. The molecule has 21 heavy (non-hydrogen) atoms. The van der Waals surface area contributed by atoms with Crippen LogP contribution in [0, 0.1) is 0 Å². The predicted molar refractivity (Wildman–Crippen MR) is 91.0 cm³/mol. The fourth-order valence-electron chi connectivity index (χ4n) is 2.57. The molecular weight excluding hydrogens is 338 g/mol. The zero-order valence-electron chi connectivity index (χ0n) is 14.6. The van der Waals surface area contributed by atoms with Crippen LogP contribution in [-0.4, -0.2) is 44.0 Å². The Morgan fingerprint density at radius 3 is 1.14 bits per heavy atom. The molecule has 0 spiro atoms. The van der Waals surface area contributed by atoms with E-state index >= 15 is 0 Å². The summed E-state index contributed by atoms with van der Waals surface area (Å²) < 4.78 is 0. The van der Waals surface area contributed by atoms with Crippen LogP contribution in [0.15, 0.2) is 0 Å². The number of unbranched alkanes of at least 4 members (excludes halogenated alkanes) is 15. The maximum atomic E-state index is 10.0. The first-order chi connectivity index (χ1) is 9.41. The molecule has 0 fully saturated rings. The molecule has 3 heteroatoms. The topological polar surface area (TPSA) is 17.1 Å². The molecule has 0 atom stereocenters. The smallest absolute Gasteiger partial charge is 0 e. The number of hydrogen-bond donors (Lipinski definition) is 0. The maximum Gasteiger partial charge on any atom is 0 e. The van der Waals surface area contributed by atoms with E-state index in [2.05, 4.69) is 6.92 Å². The Morgan fingerprint density at radius 1 is 0.571 bits per heavy atom. The third kappa shape index (κ3) is 26.7. The van der Waals surface area contributed by atoms with Crippen LogP contribution in [0.3, 0.4) is 0 Å². The molecule has 0 bridgehead atoms. The Kier molecular flexibility index (Phi) is 34.5. The van der Waals surface area contributed by atoms with E-state index < -0.39 is 0 Å². The van der Waals surface area contributed by atoms with Gasteiger partial charge in [-0.3, -0.25) is 6.29 Å². The van der Waals surface area contributed by atoms with Gasteiger partial charge < -0.3 is 4.79 Å². The second kappa shape index (κ2) is 26.5. The van der Waals surface area contributed by atoms with Crippen molar-refractivity contribution >= 4 is 44.0 Å². The van der Waals surface area contributed by atoms with Crippen LogP contribution in [0.25, 0.3) is 0 Å². The molecule has 0 aliphatic carbocycles. The van der Waals surface area contributed by atoms with Crippen molar-refractivity contribution in [1.82, 2.24) is 0 Å². The van der Waals surface area contributed by atoms with E-state index in [-0.39, 0.29) is 57.2 Å². The molecule has 0 saturated carbocycles. The summed E-state index contributed by atoms with van der Waals surface area (Å²) in [6.07, 6.45) is 23.2. The third-order valence-electron chi connectivity index (χ3n) is 3.88. The van der Waals surface area contributed by atoms with Gasteiger partial charge in [0.2, 0.25) is 0 Å². The predicted octanol–water partition coefficient (Wildman–Crippen LogP) is 5.97. The van der Waals surface area contributed by atoms with Gasteiger partial charge in [0, 0.05) is 57.2 Å². The average Bonchev–Trinajstić information content (AvgIpc) is 2.43. The second-order valence-electron chi connectivity index (χ2n) is 5.84. The van der Waals surface area contributed by atoms with Crippen molar-refractivity contribution in [3.05, 3.63) is 0 Å². The molecule has 0 heterocycles. The molecule has 2 radical (unpaired) electrons. The quantitative estimate of drug-likeness (QED) is 0.185. The Morgan fingerprint density at radius 2 is 0.857 bits per heavy atom. The molecule has 118 valence electrons. The van der Waals surface area contributed by atoms with E-state index in [9.17, 15) is 4.79 Å². The van der Waals surface area contributed by atoms with Crippen LogP contribution >= 0.6 is 0 Å².